The summed E-state index contributed by atoms with van der Waals surface area (Å²) in [5.41, 5.74) is -2.42. The first-order valence-corrected chi connectivity index (χ1v) is 21.7. The van der Waals surface area contributed by atoms with E-state index in [1.807, 2.05) is 52.0 Å². The van der Waals surface area contributed by atoms with Gasteiger partial charge in [-0.15, -0.1) is 0 Å². The fourth-order valence-electron chi connectivity index (χ4n) is 9.66. The van der Waals surface area contributed by atoms with Crippen molar-refractivity contribution in [1.29, 1.82) is 0 Å². The first kappa shape index (κ1) is 41.3. The number of halogens is 2. The Morgan fingerprint density at radius 1 is 0.527 bits per heavy atom. The topological polar surface area (TPSA) is 98.8 Å². The van der Waals surface area contributed by atoms with E-state index in [1.54, 1.807) is 24.3 Å². The Labute approximate surface area is 343 Å². The lowest BCUT2D eigenvalue weighted by Gasteiger charge is -2.39. The van der Waals surface area contributed by atoms with Gasteiger partial charge in [0.05, 0.1) is 70.2 Å². The summed E-state index contributed by atoms with van der Waals surface area (Å²) in [5, 5.41) is 0. The second kappa shape index (κ2) is 15.1. The van der Waals surface area contributed by atoms with Gasteiger partial charge in [-0.25, -0.2) is 9.59 Å². The van der Waals surface area contributed by atoms with Crippen molar-refractivity contribution in [2.75, 3.05) is 0 Å². The molecule has 0 N–H and O–H groups in total. The van der Waals surface area contributed by atoms with Crippen LogP contribution in [0.25, 0.3) is 0 Å². The van der Waals surface area contributed by atoms with Gasteiger partial charge in [0.1, 0.15) is 11.2 Å². The van der Waals surface area contributed by atoms with E-state index in [-0.39, 0.29) is 48.6 Å². The number of benzene rings is 2. The summed E-state index contributed by atoms with van der Waals surface area (Å²) in [5.74, 6) is -0.709. The number of hydrogen-bond donors (Lipinski definition) is 0. The molecule has 55 heavy (non-hydrogen) atoms. The second-order valence-corrected chi connectivity index (χ2v) is 20.4. The third-order valence-electron chi connectivity index (χ3n) is 13.4. The molecule has 5 saturated heterocycles. The molecule has 5 fully saturated rings. The average Bonchev–Trinajstić information content (AvgIpc) is 3.96. The average molecular weight is 891 g/mol. The van der Waals surface area contributed by atoms with Gasteiger partial charge in [-0.2, -0.15) is 0 Å². The predicted octanol–water partition coefficient (Wildman–Crippen LogP) is 10.1. The summed E-state index contributed by atoms with van der Waals surface area (Å²) in [4.78, 5) is 26.0. The minimum atomic E-state index is -0.800. The summed E-state index contributed by atoms with van der Waals surface area (Å²) < 4.78 is 48.2. The molecule has 5 aliphatic rings. The zero-order valence-corrected chi connectivity index (χ0v) is 36.8. The summed E-state index contributed by atoms with van der Waals surface area (Å²) in [6.45, 7) is 16.4. The SMILES string of the molecule is CC(C)(OC(=O)c1ccc(Br)cc1)C1CCC(C)(C2CCC(C)(C3CCC(C4(C)CCC(C5(C)CCC(C(C)(C)OC(=O)c6ccc(Br)cc6)O5)O4)O3)O2)O1. The molecule has 0 amide bonds. The number of carbonyl (C=O) groups is 2. The van der Waals surface area contributed by atoms with Gasteiger partial charge < -0.3 is 33.2 Å². The molecule has 5 heterocycles. The first-order valence-electron chi connectivity index (χ1n) is 20.1. The number of rotatable bonds is 10. The number of hydrogen-bond acceptors (Lipinski definition) is 9. The molecule has 0 bridgehead atoms. The quantitative estimate of drug-likeness (QED) is 0.216. The van der Waals surface area contributed by atoms with Crippen molar-refractivity contribution in [1.82, 2.24) is 0 Å². The molecule has 10 unspecified atom stereocenters. The third-order valence-corrected chi connectivity index (χ3v) is 14.5. The van der Waals surface area contributed by atoms with Crippen molar-refractivity contribution in [2.45, 2.75) is 190 Å². The standard InChI is InChI=1S/C44H58Br2O9/c1-39(2,54-37(47)27-9-13-29(45)14-10-27)31-19-23-43(7,50-31)35-21-25-41(5,52-35)33-17-18-34(49-33)42(6)26-22-36(53-42)44(8)24-20-32(51-44)40(3,4)55-38(48)28-11-15-30(46)16-12-28/h9-16,31-36H,17-26H2,1-8H3. The molecule has 302 valence electrons. The van der Waals surface area contributed by atoms with Crippen LogP contribution in [0.5, 0.6) is 0 Å². The van der Waals surface area contributed by atoms with Crippen LogP contribution < -0.4 is 0 Å². The number of carbonyl (C=O) groups excluding carboxylic acids is 2. The van der Waals surface area contributed by atoms with Crippen molar-refractivity contribution in [3.63, 3.8) is 0 Å². The highest BCUT2D eigenvalue weighted by atomic mass is 79.9. The molecule has 0 aliphatic carbocycles. The van der Waals surface area contributed by atoms with E-state index in [0.717, 1.165) is 73.2 Å². The molecule has 10 atom stereocenters. The second-order valence-electron chi connectivity index (χ2n) is 18.5. The van der Waals surface area contributed by atoms with Gasteiger partial charge in [0.15, 0.2) is 0 Å². The van der Waals surface area contributed by atoms with Crippen LogP contribution in [0.2, 0.25) is 0 Å². The predicted molar refractivity (Wildman–Crippen MR) is 215 cm³/mol. The third kappa shape index (κ3) is 8.37. The molecule has 11 heteroatoms. The zero-order chi connectivity index (χ0) is 39.6. The highest BCUT2D eigenvalue weighted by Gasteiger charge is 2.59. The van der Waals surface area contributed by atoms with Crippen molar-refractivity contribution >= 4 is 43.8 Å². The molecule has 2 aromatic carbocycles. The molecule has 0 spiro atoms. The van der Waals surface area contributed by atoms with Gasteiger partial charge in [0.25, 0.3) is 0 Å². The monoisotopic (exact) mass is 888 g/mol. The van der Waals surface area contributed by atoms with Gasteiger partial charge in [0, 0.05) is 8.95 Å². The molecule has 0 radical (unpaired) electrons. The molecule has 0 saturated carbocycles. The Hall–Kier alpha value is -1.86. The minimum Gasteiger partial charge on any atom is -0.453 e. The van der Waals surface area contributed by atoms with Crippen LogP contribution in [0.4, 0.5) is 0 Å². The molecule has 5 aliphatic heterocycles. The van der Waals surface area contributed by atoms with Gasteiger partial charge in [-0.1, -0.05) is 31.9 Å². The maximum absolute atomic E-state index is 13.0. The largest absolute Gasteiger partial charge is 0.453 e. The first-order chi connectivity index (χ1) is 25.7. The van der Waals surface area contributed by atoms with E-state index < -0.39 is 33.6 Å². The highest BCUT2D eigenvalue weighted by molar-refractivity contribution is 9.10. The summed E-state index contributed by atoms with van der Waals surface area (Å²) >= 11 is 6.85. The molecule has 0 aromatic heterocycles. The Morgan fingerprint density at radius 3 is 1.22 bits per heavy atom. The normalized spacial score (nSPS) is 38.1. The van der Waals surface area contributed by atoms with Crippen molar-refractivity contribution < 1.29 is 42.7 Å². The van der Waals surface area contributed by atoms with Crippen LogP contribution in [-0.4, -0.2) is 82.2 Å². The van der Waals surface area contributed by atoms with Gasteiger partial charge in [-0.3, -0.25) is 0 Å². The summed E-state index contributed by atoms with van der Waals surface area (Å²) in [7, 11) is 0. The van der Waals surface area contributed by atoms with Crippen LogP contribution in [-0.2, 0) is 33.2 Å². The smallest absolute Gasteiger partial charge is 0.338 e. The number of ether oxygens (including phenoxy) is 7. The van der Waals surface area contributed by atoms with Gasteiger partial charge in [0.2, 0.25) is 0 Å². The van der Waals surface area contributed by atoms with Crippen LogP contribution >= 0.6 is 31.9 Å². The lowest BCUT2D eigenvalue weighted by atomic mass is 9.89. The van der Waals surface area contributed by atoms with Gasteiger partial charge in [-0.05, 0) is 168 Å². The Bertz CT molecular complexity index is 1610. The van der Waals surface area contributed by atoms with Crippen molar-refractivity contribution in [3.05, 3.63) is 68.6 Å². The van der Waals surface area contributed by atoms with Crippen LogP contribution in [0.15, 0.2) is 57.5 Å². The highest BCUT2D eigenvalue weighted by Crippen LogP contribution is 2.52. The molecule has 9 nitrogen and oxygen atoms in total. The summed E-state index contributed by atoms with van der Waals surface area (Å²) in [6, 6.07) is 14.4. The van der Waals surface area contributed by atoms with E-state index in [0.29, 0.717) is 11.1 Å². The molecular weight excluding hydrogens is 832 g/mol. The Morgan fingerprint density at radius 2 is 0.855 bits per heavy atom. The lowest BCUT2D eigenvalue weighted by molar-refractivity contribution is -0.214. The van der Waals surface area contributed by atoms with E-state index >= 15 is 0 Å². The van der Waals surface area contributed by atoms with E-state index in [2.05, 4.69) is 59.6 Å². The summed E-state index contributed by atoms with van der Waals surface area (Å²) in [6.07, 6.45) is 7.80. The minimum absolute atomic E-state index is 0.0463. The molecule has 2 aromatic rings. The van der Waals surface area contributed by atoms with Crippen LogP contribution in [0, 0.1) is 0 Å². The lowest BCUT2D eigenvalue weighted by Crippen LogP contribution is -2.49. The zero-order valence-electron chi connectivity index (χ0n) is 33.6. The van der Waals surface area contributed by atoms with E-state index in [4.69, 9.17) is 33.2 Å². The fourth-order valence-corrected chi connectivity index (χ4v) is 10.2. The van der Waals surface area contributed by atoms with E-state index in [1.165, 1.54) is 0 Å². The molecule has 7 rings (SSSR count). The van der Waals surface area contributed by atoms with E-state index in [9.17, 15) is 9.59 Å². The maximum Gasteiger partial charge on any atom is 0.338 e. The van der Waals surface area contributed by atoms with Crippen LogP contribution in [0.3, 0.4) is 0 Å². The fraction of sp³-hybridized carbons (Fsp3) is 0.682. The van der Waals surface area contributed by atoms with Crippen LogP contribution in [0.1, 0.15) is 140 Å². The van der Waals surface area contributed by atoms with Crippen molar-refractivity contribution in [2.24, 2.45) is 0 Å². The maximum atomic E-state index is 13.0. The van der Waals surface area contributed by atoms with Crippen molar-refractivity contribution in [3.8, 4) is 0 Å². The molecular formula is C44H58Br2O9. The number of esters is 2. The van der Waals surface area contributed by atoms with Gasteiger partial charge >= 0.3 is 11.9 Å². The Balaban J connectivity index is 0.914. The Kier molecular flexibility index (Phi) is 11.3.